The molecule has 1 aliphatic rings. The molecule has 3 rings (SSSR count). The number of hydrogen-bond donors (Lipinski definition) is 0. The van der Waals surface area contributed by atoms with Crippen LogP contribution in [0.2, 0.25) is 0 Å². The van der Waals surface area contributed by atoms with Gasteiger partial charge in [-0.05, 0) is 48.7 Å². The molecule has 0 atom stereocenters. The van der Waals surface area contributed by atoms with Gasteiger partial charge in [0.25, 0.3) is 5.91 Å². The summed E-state index contributed by atoms with van der Waals surface area (Å²) in [5.74, 6) is -0.0536. The summed E-state index contributed by atoms with van der Waals surface area (Å²) >= 11 is 6.75. The number of hydrogen-bond acceptors (Lipinski definition) is 3. The Kier molecular flexibility index (Phi) is 4.14. The van der Waals surface area contributed by atoms with E-state index in [2.05, 4.69) is 6.92 Å². The van der Waals surface area contributed by atoms with Crippen LogP contribution in [-0.4, -0.2) is 10.2 Å². The summed E-state index contributed by atoms with van der Waals surface area (Å²) in [6, 6.07) is 15.8. The molecule has 1 saturated heterocycles. The van der Waals surface area contributed by atoms with Gasteiger partial charge < -0.3 is 0 Å². The Hall–Kier alpha value is -1.91. The highest BCUT2D eigenvalue weighted by molar-refractivity contribution is 8.27. The number of thioether (sulfide) groups is 1. The molecule has 1 heterocycles. The third kappa shape index (κ3) is 2.85. The quantitative estimate of drug-likeness (QED) is 0.589. The number of carbonyl (C=O) groups excluding carboxylic acids is 1. The molecule has 110 valence electrons. The summed E-state index contributed by atoms with van der Waals surface area (Å²) < 4.78 is 0.579. The smallest absolute Gasteiger partial charge is 0.268 e. The monoisotopic (exact) mass is 325 g/mol. The van der Waals surface area contributed by atoms with Gasteiger partial charge in [-0.15, -0.1) is 0 Å². The highest BCUT2D eigenvalue weighted by Crippen LogP contribution is 2.36. The fourth-order valence-electron chi connectivity index (χ4n) is 2.26. The predicted molar refractivity (Wildman–Crippen MR) is 98.0 cm³/mol. The van der Waals surface area contributed by atoms with Crippen LogP contribution in [-0.2, 0) is 4.79 Å². The second-order valence-corrected chi connectivity index (χ2v) is 6.87. The minimum absolute atomic E-state index is 0.0536. The maximum absolute atomic E-state index is 12.7. The van der Waals surface area contributed by atoms with Crippen LogP contribution in [0.1, 0.15) is 16.7 Å². The molecule has 1 aliphatic heterocycles. The van der Waals surface area contributed by atoms with Gasteiger partial charge >= 0.3 is 0 Å². The van der Waals surface area contributed by atoms with Crippen LogP contribution in [0.5, 0.6) is 0 Å². The summed E-state index contributed by atoms with van der Waals surface area (Å²) in [7, 11) is 0. The van der Waals surface area contributed by atoms with Crippen LogP contribution in [0.25, 0.3) is 6.08 Å². The average molecular weight is 325 g/mol. The normalized spacial score (nSPS) is 16.6. The number of aryl methyl sites for hydroxylation is 2. The summed E-state index contributed by atoms with van der Waals surface area (Å²) in [5.41, 5.74) is 4.19. The maximum atomic E-state index is 12.7. The number of benzene rings is 2. The first-order valence-electron chi connectivity index (χ1n) is 6.96. The highest BCUT2D eigenvalue weighted by Gasteiger charge is 2.33. The van der Waals surface area contributed by atoms with Crippen molar-refractivity contribution in [3.05, 3.63) is 70.1 Å². The average Bonchev–Trinajstić information content (AvgIpc) is 2.78. The van der Waals surface area contributed by atoms with Gasteiger partial charge in [-0.2, -0.15) is 0 Å². The molecule has 1 fully saturated rings. The van der Waals surface area contributed by atoms with E-state index in [1.165, 1.54) is 17.3 Å². The lowest BCUT2D eigenvalue weighted by molar-refractivity contribution is -0.113. The molecule has 0 radical (unpaired) electrons. The summed E-state index contributed by atoms with van der Waals surface area (Å²) in [5, 5.41) is 0. The number of carbonyl (C=O) groups is 1. The first kappa shape index (κ1) is 15.0. The highest BCUT2D eigenvalue weighted by atomic mass is 32.2. The Morgan fingerprint density at radius 2 is 1.77 bits per heavy atom. The second-order valence-electron chi connectivity index (χ2n) is 5.20. The molecular weight excluding hydrogens is 310 g/mol. The van der Waals surface area contributed by atoms with Gasteiger partial charge in [-0.3, -0.25) is 9.69 Å². The minimum Gasteiger partial charge on any atom is -0.268 e. The van der Waals surface area contributed by atoms with Crippen molar-refractivity contribution in [1.82, 2.24) is 0 Å². The lowest BCUT2D eigenvalue weighted by atomic mass is 10.1. The molecular formula is C18H15NOS2. The largest absolute Gasteiger partial charge is 0.270 e. The van der Waals surface area contributed by atoms with E-state index >= 15 is 0 Å². The van der Waals surface area contributed by atoms with Crippen LogP contribution >= 0.6 is 24.0 Å². The molecule has 2 aromatic rings. The second kappa shape index (κ2) is 6.07. The van der Waals surface area contributed by atoms with Crippen LogP contribution in [0.4, 0.5) is 5.69 Å². The zero-order chi connectivity index (χ0) is 15.7. The molecule has 2 nitrogen and oxygen atoms in total. The van der Waals surface area contributed by atoms with Crippen molar-refractivity contribution in [3.63, 3.8) is 0 Å². The Balaban J connectivity index is 1.95. The zero-order valence-electron chi connectivity index (χ0n) is 12.4. The van der Waals surface area contributed by atoms with E-state index < -0.39 is 0 Å². The lowest BCUT2D eigenvalue weighted by Crippen LogP contribution is -2.27. The van der Waals surface area contributed by atoms with Crippen LogP contribution in [0, 0.1) is 13.8 Å². The summed E-state index contributed by atoms with van der Waals surface area (Å²) in [6.07, 6.45) is 1.89. The third-order valence-corrected chi connectivity index (χ3v) is 4.94. The first-order chi connectivity index (χ1) is 10.6. The lowest BCUT2D eigenvalue weighted by Gasteiger charge is -2.15. The van der Waals surface area contributed by atoms with Crippen molar-refractivity contribution in [2.45, 2.75) is 13.8 Å². The molecule has 0 aromatic heterocycles. The van der Waals surface area contributed by atoms with Gasteiger partial charge in [0.2, 0.25) is 0 Å². The molecule has 0 saturated carbocycles. The van der Waals surface area contributed by atoms with Gasteiger partial charge in [0.1, 0.15) is 0 Å². The molecule has 0 unspecified atom stereocenters. The van der Waals surface area contributed by atoms with Gasteiger partial charge in [0, 0.05) is 0 Å². The number of thiocarbonyl (C=S) groups is 1. The molecule has 1 amide bonds. The molecule has 0 N–H and O–H groups in total. The van der Waals surface area contributed by atoms with Crippen LogP contribution < -0.4 is 4.90 Å². The number of anilines is 1. The zero-order valence-corrected chi connectivity index (χ0v) is 14.0. The molecule has 22 heavy (non-hydrogen) atoms. The fraction of sp³-hybridized carbons (Fsp3) is 0.111. The van der Waals surface area contributed by atoms with Gasteiger partial charge in [0.15, 0.2) is 4.32 Å². The SMILES string of the molecule is Cc1ccc(N2C(=O)/C(=C\c3ccccc3)SC2=S)cc1C. The molecule has 0 aliphatic carbocycles. The predicted octanol–water partition coefficient (Wildman–Crippen LogP) is 4.71. The Morgan fingerprint density at radius 3 is 2.45 bits per heavy atom. The van der Waals surface area contributed by atoms with Crippen LogP contribution in [0.3, 0.4) is 0 Å². The van der Waals surface area contributed by atoms with Gasteiger partial charge in [-0.1, -0.05) is 60.4 Å². The molecule has 2 aromatic carbocycles. The topological polar surface area (TPSA) is 20.3 Å². The van der Waals surface area contributed by atoms with E-state index in [4.69, 9.17) is 12.2 Å². The van der Waals surface area contributed by atoms with Crippen molar-refractivity contribution >= 4 is 46.0 Å². The Bertz CT molecular complexity index is 781. The summed E-state index contributed by atoms with van der Waals surface area (Å²) in [6.45, 7) is 4.09. The van der Waals surface area contributed by atoms with Crippen molar-refractivity contribution in [1.29, 1.82) is 0 Å². The van der Waals surface area contributed by atoms with E-state index in [1.807, 2.05) is 61.5 Å². The van der Waals surface area contributed by atoms with Gasteiger partial charge in [0.05, 0.1) is 10.6 Å². The van der Waals surface area contributed by atoms with Crippen molar-refractivity contribution in [2.24, 2.45) is 0 Å². The number of amides is 1. The van der Waals surface area contributed by atoms with E-state index in [1.54, 1.807) is 4.90 Å². The summed E-state index contributed by atoms with van der Waals surface area (Å²) in [4.78, 5) is 14.9. The Labute approximate surface area is 139 Å². The van der Waals surface area contributed by atoms with Crippen molar-refractivity contribution < 1.29 is 4.79 Å². The molecule has 4 heteroatoms. The van der Waals surface area contributed by atoms with E-state index in [0.29, 0.717) is 9.23 Å². The Morgan fingerprint density at radius 1 is 1.05 bits per heavy atom. The molecule has 0 bridgehead atoms. The maximum Gasteiger partial charge on any atom is 0.270 e. The molecule has 0 spiro atoms. The first-order valence-corrected chi connectivity index (χ1v) is 8.19. The van der Waals surface area contributed by atoms with E-state index in [9.17, 15) is 4.79 Å². The standard InChI is InChI=1S/C18H15NOS2/c1-12-8-9-15(10-13(12)2)19-17(20)16(22-18(19)21)11-14-6-4-3-5-7-14/h3-11H,1-2H3/b16-11+. The fourth-order valence-corrected chi connectivity index (χ4v) is 3.55. The third-order valence-electron chi connectivity index (χ3n) is 3.64. The minimum atomic E-state index is -0.0536. The van der Waals surface area contributed by atoms with Crippen LogP contribution in [0.15, 0.2) is 53.4 Å². The van der Waals surface area contributed by atoms with E-state index in [-0.39, 0.29) is 5.91 Å². The van der Waals surface area contributed by atoms with Crippen molar-refractivity contribution in [3.8, 4) is 0 Å². The van der Waals surface area contributed by atoms with Crippen molar-refractivity contribution in [2.75, 3.05) is 4.90 Å². The van der Waals surface area contributed by atoms with E-state index in [0.717, 1.165) is 16.8 Å². The van der Waals surface area contributed by atoms with Gasteiger partial charge in [-0.25, -0.2) is 0 Å². The number of rotatable bonds is 2. The number of nitrogens with zero attached hydrogens (tertiary/aromatic N) is 1.